The van der Waals surface area contributed by atoms with Crippen LogP contribution < -0.4 is 10.6 Å². The minimum absolute atomic E-state index is 0.386. The molecule has 1 aromatic carbocycles. The standard InChI is InChI=1S/C17H22ClN3OS/c1-3-19-17(20-10-15-9-4-12(2)23-15)21-11-16(22)13-5-7-14(18)8-6-13/h4-9,16,22H,3,10-11H2,1-2H3,(H2,19,20,21). The van der Waals surface area contributed by atoms with E-state index in [1.165, 1.54) is 9.75 Å². The number of nitrogens with zero attached hydrogens (tertiary/aromatic N) is 1. The van der Waals surface area contributed by atoms with Gasteiger partial charge in [0.1, 0.15) is 0 Å². The van der Waals surface area contributed by atoms with Gasteiger partial charge in [0.15, 0.2) is 5.96 Å². The summed E-state index contributed by atoms with van der Waals surface area (Å²) in [5.74, 6) is 0.701. The van der Waals surface area contributed by atoms with E-state index in [-0.39, 0.29) is 0 Å². The Balaban J connectivity index is 1.91. The van der Waals surface area contributed by atoms with Crippen molar-refractivity contribution in [1.82, 2.24) is 10.6 Å². The van der Waals surface area contributed by atoms with Gasteiger partial charge in [0.25, 0.3) is 0 Å². The summed E-state index contributed by atoms with van der Waals surface area (Å²) in [6.45, 7) is 5.89. The van der Waals surface area contributed by atoms with Gasteiger partial charge in [-0.15, -0.1) is 11.3 Å². The fourth-order valence-electron chi connectivity index (χ4n) is 2.06. The van der Waals surface area contributed by atoms with Crippen LogP contribution in [0.2, 0.25) is 5.02 Å². The molecule has 0 fully saturated rings. The number of aliphatic hydroxyl groups excluding tert-OH is 1. The van der Waals surface area contributed by atoms with Crippen LogP contribution in [0.5, 0.6) is 0 Å². The van der Waals surface area contributed by atoms with Crippen molar-refractivity contribution in [2.75, 3.05) is 13.1 Å². The molecule has 3 N–H and O–H groups in total. The lowest BCUT2D eigenvalue weighted by Crippen LogP contribution is -2.39. The SMILES string of the molecule is CCNC(=NCc1ccc(C)s1)NCC(O)c1ccc(Cl)cc1. The van der Waals surface area contributed by atoms with Crippen molar-refractivity contribution in [1.29, 1.82) is 0 Å². The zero-order valence-electron chi connectivity index (χ0n) is 13.3. The Kier molecular flexibility index (Phi) is 6.89. The molecule has 0 amide bonds. The van der Waals surface area contributed by atoms with Crippen LogP contribution in [0.4, 0.5) is 0 Å². The van der Waals surface area contributed by atoms with Gasteiger partial charge in [-0.1, -0.05) is 23.7 Å². The average Bonchev–Trinajstić information content (AvgIpc) is 2.96. The lowest BCUT2D eigenvalue weighted by Gasteiger charge is -2.15. The Bertz CT molecular complexity index is 640. The third kappa shape index (κ3) is 5.86. The summed E-state index contributed by atoms with van der Waals surface area (Å²) in [7, 11) is 0. The smallest absolute Gasteiger partial charge is 0.191 e. The van der Waals surface area contributed by atoms with E-state index < -0.39 is 6.10 Å². The van der Waals surface area contributed by atoms with Crippen molar-refractivity contribution in [3.63, 3.8) is 0 Å². The molecule has 6 heteroatoms. The molecule has 0 aliphatic rings. The van der Waals surface area contributed by atoms with E-state index in [4.69, 9.17) is 11.6 Å². The second-order valence-corrected chi connectivity index (χ2v) is 6.96. The molecular formula is C17H22ClN3OS. The zero-order chi connectivity index (χ0) is 16.7. The highest BCUT2D eigenvalue weighted by Gasteiger charge is 2.08. The minimum Gasteiger partial charge on any atom is -0.387 e. The quantitative estimate of drug-likeness (QED) is 0.551. The molecular weight excluding hydrogens is 330 g/mol. The summed E-state index contributed by atoms with van der Waals surface area (Å²) in [5.41, 5.74) is 0.826. The predicted molar refractivity (Wildman–Crippen MR) is 98.3 cm³/mol. The fraction of sp³-hybridized carbons (Fsp3) is 0.353. The molecule has 0 bridgehead atoms. The Morgan fingerprint density at radius 1 is 1.22 bits per heavy atom. The van der Waals surface area contributed by atoms with Crippen molar-refractivity contribution >= 4 is 28.9 Å². The molecule has 1 heterocycles. The van der Waals surface area contributed by atoms with E-state index in [0.717, 1.165) is 12.1 Å². The maximum absolute atomic E-state index is 10.2. The molecule has 0 saturated heterocycles. The number of thiophene rings is 1. The molecule has 1 atom stereocenters. The van der Waals surface area contributed by atoms with Crippen molar-refractivity contribution in [3.8, 4) is 0 Å². The Morgan fingerprint density at radius 3 is 2.57 bits per heavy atom. The van der Waals surface area contributed by atoms with E-state index in [0.29, 0.717) is 24.1 Å². The highest BCUT2D eigenvalue weighted by Crippen LogP contribution is 2.16. The number of aliphatic hydroxyl groups is 1. The minimum atomic E-state index is -0.611. The van der Waals surface area contributed by atoms with Crippen LogP contribution in [-0.4, -0.2) is 24.2 Å². The Hall–Kier alpha value is -1.56. The molecule has 0 radical (unpaired) electrons. The number of aliphatic imine (C=N–C) groups is 1. The van der Waals surface area contributed by atoms with Gasteiger partial charge in [-0.25, -0.2) is 4.99 Å². The molecule has 0 aliphatic carbocycles. The second kappa shape index (κ2) is 8.91. The predicted octanol–water partition coefficient (Wildman–Crippen LogP) is 3.50. The number of hydrogen-bond donors (Lipinski definition) is 3. The van der Waals surface area contributed by atoms with Gasteiger partial charge in [0.2, 0.25) is 0 Å². The summed E-state index contributed by atoms with van der Waals surface area (Å²) in [6.07, 6.45) is -0.611. The highest BCUT2D eigenvalue weighted by atomic mass is 35.5. The lowest BCUT2D eigenvalue weighted by molar-refractivity contribution is 0.181. The van der Waals surface area contributed by atoms with Crippen LogP contribution >= 0.6 is 22.9 Å². The number of hydrogen-bond acceptors (Lipinski definition) is 3. The van der Waals surface area contributed by atoms with Gasteiger partial charge in [0, 0.05) is 27.9 Å². The van der Waals surface area contributed by atoms with E-state index >= 15 is 0 Å². The van der Waals surface area contributed by atoms with E-state index in [9.17, 15) is 5.11 Å². The van der Waals surface area contributed by atoms with Crippen molar-refractivity contribution in [2.24, 2.45) is 4.99 Å². The lowest BCUT2D eigenvalue weighted by atomic mass is 10.1. The highest BCUT2D eigenvalue weighted by molar-refractivity contribution is 7.11. The summed E-state index contributed by atoms with van der Waals surface area (Å²) in [6, 6.07) is 11.4. The van der Waals surface area contributed by atoms with Gasteiger partial charge in [0.05, 0.1) is 12.6 Å². The second-order valence-electron chi connectivity index (χ2n) is 5.16. The maximum Gasteiger partial charge on any atom is 0.191 e. The zero-order valence-corrected chi connectivity index (χ0v) is 14.9. The first-order valence-corrected chi connectivity index (χ1v) is 8.79. The molecule has 124 valence electrons. The van der Waals surface area contributed by atoms with E-state index in [1.54, 1.807) is 23.5 Å². The van der Waals surface area contributed by atoms with Crippen LogP contribution in [0.3, 0.4) is 0 Å². The summed E-state index contributed by atoms with van der Waals surface area (Å²) >= 11 is 7.61. The van der Waals surface area contributed by atoms with Crippen molar-refractivity contribution in [3.05, 3.63) is 56.7 Å². The monoisotopic (exact) mass is 351 g/mol. The van der Waals surface area contributed by atoms with Crippen LogP contribution in [0.25, 0.3) is 0 Å². The molecule has 2 aromatic rings. The molecule has 0 spiro atoms. The Labute approximate surface area is 146 Å². The number of halogens is 1. The van der Waals surface area contributed by atoms with Crippen molar-refractivity contribution < 1.29 is 5.11 Å². The van der Waals surface area contributed by atoms with E-state index in [2.05, 4.69) is 34.7 Å². The van der Waals surface area contributed by atoms with E-state index in [1.807, 2.05) is 19.1 Å². The molecule has 4 nitrogen and oxygen atoms in total. The van der Waals surface area contributed by atoms with Gasteiger partial charge in [-0.3, -0.25) is 0 Å². The molecule has 0 saturated carbocycles. The number of rotatable bonds is 6. The normalized spacial score (nSPS) is 13.0. The maximum atomic E-state index is 10.2. The van der Waals surface area contributed by atoms with Gasteiger partial charge in [-0.2, -0.15) is 0 Å². The number of benzene rings is 1. The third-order valence-electron chi connectivity index (χ3n) is 3.25. The number of guanidine groups is 1. The van der Waals surface area contributed by atoms with Crippen LogP contribution in [0.15, 0.2) is 41.4 Å². The first kappa shape index (κ1) is 17.8. The summed E-state index contributed by atoms with van der Waals surface area (Å²) < 4.78 is 0. The first-order chi connectivity index (χ1) is 11.1. The van der Waals surface area contributed by atoms with Gasteiger partial charge >= 0.3 is 0 Å². The summed E-state index contributed by atoms with van der Waals surface area (Å²) in [5, 5.41) is 17.3. The molecule has 1 aromatic heterocycles. The summed E-state index contributed by atoms with van der Waals surface area (Å²) in [4.78, 5) is 7.05. The Morgan fingerprint density at radius 2 is 1.96 bits per heavy atom. The molecule has 23 heavy (non-hydrogen) atoms. The topological polar surface area (TPSA) is 56.7 Å². The van der Waals surface area contributed by atoms with Gasteiger partial charge in [-0.05, 0) is 43.7 Å². The third-order valence-corrected chi connectivity index (χ3v) is 4.49. The van der Waals surface area contributed by atoms with Crippen molar-refractivity contribution in [2.45, 2.75) is 26.5 Å². The average molecular weight is 352 g/mol. The fourth-order valence-corrected chi connectivity index (χ4v) is 3.01. The molecule has 0 aliphatic heterocycles. The molecule has 1 unspecified atom stereocenters. The van der Waals surface area contributed by atoms with Crippen LogP contribution in [-0.2, 0) is 6.54 Å². The number of aryl methyl sites for hydroxylation is 1. The van der Waals surface area contributed by atoms with Gasteiger partial charge < -0.3 is 15.7 Å². The molecule has 2 rings (SSSR count). The number of nitrogens with one attached hydrogen (secondary N) is 2. The van der Waals surface area contributed by atoms with Crippen LogP contribution in [0.1, 0.15) is 28.3 Å². The largest absolute Gasteiger partial charge is 0.387 e. The first-order valence-electron chi connectivity index (χ1n) is 7.59. The van der Waals surface area contributed by atoms with Crippen LogP contribution in [0, 0.1) is 6.92 Å².